The van der Waals surface area contributed by atoms with Crippen LogP contribution in [-0.2, 0) is 4.79 Å². The first kappa shape index (κ1) is 14.2. The van der Waals surface area contributed by atoms with Crippen LogP contribution in [0.3, 0.4) is 0 Å². The van der Waals surface area contributed by atoms with Crippen LogP contribution in [-0.4, -0.2) is 47.5 Å². The molecule has 1 saturated carbocycles. The Bertz CT molecular complexity index is 263. The minimum Gasteiger partial charge on any atom is -0.339 e. The summed E-state index contributed by atoms with van der Waals surface area (Å²) in [5, 5.41) is 4.07. The fourth-order valence-corrected chi connectivity index (χ4v) is 3.57. The number of hydrogen-bond donors (Lipinski definition) is 1. The standard InChI is InChI=1S/C14H26N2OS/c1-2-3-10-16(12-4-5-12)14(17)11-18-13-6-8-15-9-7-13/h12-13,15H,2-11H2,1H3. The lowest BCUT2D eigenvalue weighted by atomic mass is 10.2. The maximum atomic E-state index is 12.3. The number of piperidine rings is 1. The molecule has 4 heteroatoms. The largest absolute Gasteiger partial charge is 0.339 e. The molecule has 2 fully saturated rings. The topological polar surface area (TPSA) is 32.3 Å². The maximum Gasteiger partial charge on any atom is 0.232 e. The third-order valence-electron chi connectivity index (χ3n) is 3.79. The van der Waals surface area contributed by atoms with Crippen molar-refractivity contribution in [2.45, 2.75) is 56.7 Å². The second kappa shape index (κ2) is 7.39. The van der Waals surface area contributed by atoms with Crippen molar-refractivity contribution in [2.24, 2.45) is 0 Å². The highest BCUT2D eigenvalue weighted by Gasteiger charge is 2.32. The van der Waals surface area contributed by atoms with Gasteiger partial charge in [-0.25, -0.2) is 0 Å². The van der Waals surface area contributed by atoms with E-state index in [9.17, 15) is 4.79 Å². The van der Waals surface area contributed by atoms with Crippen LogP contribution in [0, 0.1) is 0 Å². The molecule has 1 aliphatic carbocycles. The normalized spacial score (nSPS) is 20.9. The summed E-state index contributed by atoms with van der Waals surface area (Å²) in [6.07, 6.45) is 7.23. The van der Waals surface area contributed by atoms with Crippen molar-refractivity contribution in [1.29, 1.82) is 0 Å². The molecule has 1 amide bonds. The Balaban J connectivity index is 1.70. The van der Waals surface area contributed by atoms with Crippen LogP contribution in [0.15, 0.2) is 0 Å². The minimum absolute atomic E-state index is 0.384. The molecule has 0 radical (unpaired) electrons. The number of thioether (sulfide) groups is 1. The van der Waals surface area contributed by atoms with E-state index in [0.717, 1.165) is 26.1 Å². The van der Waals surface area contributed by atoms with E-state index < -0.39 is 0 Å². The van der Waals surface area contributed by atoms with Crippen LogP contribution >= 0.6 is 11.8 Å². The molecule has 1 N–H and O–H groups in total. The molecule has 1 heterocycles. The van der Waals surface area contributed by atoms with Gasteiger partial charge < -0.3 is 10.2 Å². The van der Waals surface area contributed by atoms with Crippen molar-refractivity contribution in [1.82, 2.24) is 10.2 Å². The fourth-order valence-electron chi connectivity index (χ4n) is 2.46. The van der Waals surface area contributed by atoms with E-state index in [1.54, 1.807) is 0 Å². The van der Waals surface area contributed by atoms with Gasteiger partial charge in [-0.3, -0.25) is 4.79 Å². The van der Waals surface area contributed by atoms with Gasteiger partial charge in [0.1, 0.15) is 0 Å². The number of rotatable bonds is 7. The monoisotopic (exact) mass is 270 g/mol. The van der Waals surface area contributed by atoms with Crippen molar-refractivity contribution >= 4 is 17.7 Å². The molecular weight excluding hydrogens is 244 g/mol. The molecule has 1 saturated heterocycles. The number of hydrogen-bond acceptors (Lipinski definition) is 3. The molecular formula is C14H26N2OS. The van der Waals surface area contributed by atoms with Gasteiger partial charge >= 0.3 is 0 Å². The van der Waals surface area contributed by atoms with E-state index in [1.807, 2.05) is 11.8 Å². The van der Waals surface area contributed by atoms with Crippen LogP contribution in [0.25, 0.3) is 0 Å². The van der Waals surface area contributed by atoms with E-state index in [1.165, 1.54) is 32.1 Å². The molecule has 1 aliphatic heterocycles. The Morgan fingerprint density at radius 3 is 2.61 bits per heavy atom. The van der Waals surface area contributed by atoms with Crippen LogP contribution in [0.5, 0.6) is 0 Å². The van der Waals surface area contributed by atoms with Gasteiger partial charge in [-0.2, -0.15) is 0 Å². The molecule has 3 nitrogen and oxygen atoms in total. The first-order valence-corrected chi connectivity index (χ1v) is 8.48. The van der Waals surface area contributed by atoms with Gasteiger partial charge in [0.15, 0.2) is 0 Å². The smallest absolute Gasteiger partial charge is 0.232 e. The number of nitrogens with one attached hydrogen (secondary N) is 1. The third-order valence-corrected chi connectivity index (χ3v) is 5.15. The number of nitrogens with zero attached hydrogens (tertiary/aromatic N) is 1. The summed E-state index contributed by atoms with van der Waals surface area (Å²) >= 11 is 1.88. The van der Waals surface area contributed by atoms with E-state index >= 15 is 0 Å². The number of unbranched alkanes of at least 4 members (excludes halogenated alkanes) is 1. The van der Waals surface area contributed by atoms with Crippen molar-refractivity contribution in [3.8, 4) is 0 Å². The molecule has 104 valence electrons. The minimum atomic E-state index is 0.384. The molecule has 18 heavy (non-hydrogen) atoms. The molecule has 0 aromatic heterocycles. The van der Waals surface area contributed by atoms with Crippen molar-refractivity contribution in [2.75, 3.05) is 25.4 Å². The zero-order valence-electron chi connectivity index (χ0n) is 11.5. The Hall–Kier alpha value is -0.220. The lowest BCUT2D eigenvalue weighted by Gasteiger charge is -2.25. The molecule has 0 unspecified atom stereocenters. The van der Waals surface area contributed by atoms with Gasteiger partial charge in [0.25, 0.3) is 0 Å². The zero-order valence-corrected chi connectivity index (χ0v) is 12.3. The van der Waals surface area contributed by atoms with Gasteiger partial charge in [0.05, 0.1) is 5.75 Å². The SMILES string of the molecule is CCCCN(C(=O)CSC1CCNCC1)C1CC1. The summed E-state index contributed by atoms with van der Waals surface area (Å²) in [7, 11) is 0. The van der Waals surface area contributed by atoms with E-state index in [4.69, 9.17) is 0 Å². The van der Waals surface area contributed by atoms with Gasteiger partial charge in [-0.05, 0) is 45.2 Å². The quantitative estimate of drug-likeness (QED) is 0.770. The van der Waals surface area contributed by atoms with Gasteiger partial charge in [-0.15, -0.1) is 11.8 Å². The summed E-state index contributed by atoms with van der Waals surface area (Å²) in [6.45, 7) is 5.41. The molecule has 0 atom stereocenters. The Labute approximate surface area is 115 Å². The zero-order chi connectivity index (χ0) is 12.8. The second-order valence-corrected chi connectivity index (χ2v) is 6.72. The number of carbonyl (C=O) groups excluding carboxylic acids is 1. The Morgan fingerprint density at radius 1 is 1.28 bits per heavy atom. The van der Waals surface area contributed by atoms with Crippen LogP contribution in [0.4, 0.5) is 0 Å². The Kier molecular flexibility index (Phi) is 5.83. The average molecular weight is 270 g/mol. The predicted octanol–water partition coefficient (Wildman–Crippen LogP) is 2.26. The fraction of sp³-hybridized carbons (Fsp3) is 0.929. The van der Waals surface area contributed by atoms with E-state index in [0.29, 0.717) is 23.0 Å². The Morgan fingerprint density at radius 2 is 2.00 bits per heavy atom. The second-order valence-electron chi connectivity index (χ2n) is 5.43. The molecule has 0 spiro atoms. The molecule has 0 aromatic carbocycles. The van der Waals surface area contributed by atoms with Crippen LogP contribution in [0.1, 0.15) is 45.4 Å². The molecule has 0 aromatic rings. The van der Waals surface area contributed by atoms with Crippen LogP contribution < -0.4 is 5.32 Å². The predicted molar refractivity (Wildman–Crippen MR) is 78.0 cm³/mol. The molecule has 0 bridgehead atoms. The highest BCUT2D eigenvalue weighted by molar-refractivity contribution is 8.00. The first-order valence-electron chi connectivity index (χ1n) is 7.43. The van der Waals surface area contributed by atoms with Gasteiger partial charge in [0.2, 0.25) is 5.91 Å². The molecule has 2 aliphatic rings. The summed E-state index contributed by atoms with van der Waals surface area (Å²) in [6, 6.07) is 0.581. The number of amides is 1. The summed E-state index contributed by atoms with van der Waals surface area (Å²) in [5.74, 6) is 1.08. The van der Waals surface area contributed by atoms with Crippen molar-refractivity contribution in [3.05, 3.63) is 0 Å². The lowest BCUT2D eigenvalue weighted by molar-refractivity contribution is -0.129. The third kappa shape index (κ3) is 4.47. The van der Waals surface area contributed by atoms with Crippen molar-refractivity contribution < 1.29 is 4.79 Å². The van der Waals surface area contributed by atoms with E-state index in [2.05, 4.69) is 17.1 Å². The maximum absolute atomic E-state index is 12.3. The van der Waals surface area contributed by atoms with Gasteiger partial charge in [-0.1, -0.05) is 13.3 Å². The van der Waals surface area contributed by atoms with Crippen molar-refractivity contribution in [3.63, 3.8) is 0 Å². The molecule has 2 rings (SSSR count). The average Bonchev–Trinajstić information content (AvgIpc) is 3.22. The number of carbonyl (C=O) groups is 1. The van der Waals surface area contributed by atoms with Gasteiger partial charge in [0, 0.05) is 17.8 Å². The van der Waals surface area contributed by atoms with E-state index in [-0.39, 0.29) is 0 Å². The summed E-state index contributed by atoms with van der Waals surface area (Å²) in [5.41, 5.74) is 0. The summed E-state index contributed by atoms with van der Waals surface area (Å²) in [4.78, 5) is 14.4. The summed E-state index contributed by atoms with van der Waals surface area (Å²) < 4.78 is 0. The lowest BCUT2D eigenvalue weighted by Crippen LogP contribution is -2.36. The van der Waals surface area contributed by atoms with Crippen LogP contribution in [0.2, 0.25) is 0 Å². The highest BCUT2D eigenvalue weighted by atomic mass is 32.2. The first-order chi connectivity index (χ1) is 8.81. The highest BCUT2D eigenvalue weighted by Crippen LogP contribution is 2.28.